The molecule has 0 bridgehead atoms. The van der Waals surface area contributed by atoms with Gasteiger partial charge in [0, 0.05) is 24.8 Å². The maximum absolute atomic E-state index is 11.9. The molecule has 6 nitrogen and oxygen atoms in total. The average molecular weight is 267 g/mol. The number of hydrogen-bond donors (Lipinski definition) is 1. The highest BCUT2D eigenvalue weighted by atomic mass is 16.2. The minimum Gasteiger partial charge on any atom is -0.352 e. The molecule has 0 saturated heterocycles. The van der Waals surface area contributed by atoms with E-state index in [4.69, 9.17) is 0 Å². The second-order valence-electron chi connectivity index (χ2n) is 4.57. The fraction of sp³-hybridized carbons (Fsp3) is 0.615. The van der Waals surface area contributed by atoms with Crippen molar-refractivity contribution in [1.29, 1.82) is 0 Å². The largest absolute Gasteiger partial charge is 0.352 e. The molecule has 1 heterocycles. The van der Waals surface area contributed by atoms with E-state index >= 15 is 0 Å². The van der Waals surface area contributed by atoms with Crippen molar-refractivity contribution >= 4 is 5.91 Å². The molecule has 19 heavy (non-hydrogen) atoms. The number of carbonyl (C=O) groups excluding carboxylic acids is 1. The second kappa shape index (κ2) is 6.92. The van der Waals surface area contributed by atoms with Crippen LogP contribution < -0.4 is 16.6 Å². The molecule has 0 aliphatic rings. The van der Waals surface area contributed by atoms with E-state index in [1.807, 2.05) is 13.8 Å². The monoisotopic (exact) mass is 267 g/mol. The van der Waals surface area contributed by atoms with Gasteiger partial charge in [0.15, 0.2) is 0 Å². The predicted octanol–water partition coefficient (Wildman–Crippen LogP) is 0.335. The molecule has 1 amide bonds. The van der Waals surface area contributed by atoms with Crippen molar-refractivity contribution in [2.45, 2.75) is 52.7 Å². The van der Waals surface area contributed by atoms with Crippen LogP contribution >= 0.6 is 0 Å². The first-order valence-corrected chi connectivity index (χ1v) is 6.59. The minimum absolute atomic E-state index is 0.0466. The lowest BCUT2D eigenvalue weighted by Gasteiger charge is -2.13. The van der Waals surface area contributed by atoms with Crippen LogP contribution in [0.5, 0.6) is 0 Å². The maximum Gasteiger partial charge on any atom is 0.331 e. The predicted molar refractivity (Wildman–Crippen MR) is 73.1 cm³/mol. The summed E-state index contributed by atoms with van der Waals surface area (Å²) in [4.78, 5) is 35.3. The van der Waals surface area contributed by atoms with Crippen molar-refractivity contribution in [2.75, 3.05) is 0 Å². The number of aromatic nitrogens is 2. The number of amides is 1. The van der Waals surface area contributed by atoms with Crippen LogP contribution in [-0.4, -0.2) is 21.1 Å². The summed E-state index contributed by atoms with van der Waals surface area (Å²) in [7, 11) is 0. The van der Waals surface area contributed by atoms with E-state index in [9.17, 15) is 14.4 Å². The van der Waals surface area contributed by atoms with Gasteiger partial charge in [-0.25, -0.2) is 4.79 Å². The van der Waals surface area contributed by atoms with Crippen molar-refractivity contribution in [3.8, 4) is 0 Å². The van der Waals surface area contributed by atoms with Crippen LogP contribution in [0.25, 0.3) is 0 Å². The van der Waals surface area contributed by atoms with Crippen LogP contribution in [0.15, 0.2) is 21.9 Å². The van der Waals surface area contributed by atoms with Gasteiger partial charge in [-0.15, -0.1) is 0 Å². The first kappa shape index (κ1) is 15.2. The second-order valence-corrected chi connectivity index (χ2v) is 4.57. The number of rotatable bonds is 6. The zero-order valence-electron chi connectivity index (χ0n) is 11.7. The number of carbonyl (C=O) groups is 1. The normalized spacial score (nSPS) is 12.2. The van der Waals surface area contributed by atoms with Crippen molar-refractivity contribution in [3.05, 3.63) is 33.1 Å². The lowest BCUT2D eigenvalue weighted by molar-refractivity contribution is -0.122. The summed E-state index contributed by atoms with van der Waals surface area (Å²) in [5.41, 5.74) is -0.902. The molecule has 1 N–H and O–H groups in total. The first-order valence-electron chi connectivity index (χ1n) is 6.59. The van der Waals surface area contributed by atoms with Crippen molar-refractivity contribution in [2.24, 2.45) is 0 Å². The van der Waals surface area contributed by atoms with Gasteiger partial charge in [0.05, 0.1) is 0 Å². The number of nitrogens with zero attached hydrogens (tertiary/aromatic N) is 2. The van der Waals surface area contributed by atoms with Crippen molar-refractivity contribution in [1.82, 2.24) is 14.5 Å². The quantitative estimate of drug-likeness (QED) is 0.807. The van der Waals surface area contributed by atoms with Crippen LogP contribution in [-0.2, 0) is 17.9 Å². The molecule has 1 atom stereocenters. The average Bonchev–Trinajstić information content (AvgIpc) is 2.35. The van der Waals surface area contributed by atoms with Gasteiger partial charge in [-0.1, -0.05) is 13.3 Å². The highest BCUT2D eigenvalue weighted by Gasteiger charge is 2.11. The Morgan fingerprint density at radius 1 is 1.37 bits per heavy atom. The molecule has 0 aromatic carbocycles. The van der Waals surface area contributed by atoms with E-state index in [0.717, 1.165) is 17.4 Å². The molecule has 1 unspecified atom stereocenters. The summed E-state index contributed by atoms with van der Waals surface area (Å²) >= 11 is 0. The minimum atomic E-state index is -0.451. The topological polar surface area (TPSA) is 73.1 Å². The molecule has 0 saturated carbocycles. The Hall–Kier alpha value is -1.85. The van der Waals surface area contributed by atoms with E-state index in [1.54, 1.807) is 6.92 Å². The molecule has 0 radical (unpaired) electrons. The summed E-state index contributed by atoms with van der Waals surface area (Å²) in [6.45, 7) is 5.98. The van der Waals surface area contributed by atoms with Gasteiger partial charge in [-0.2, -0.15) is 0 Å². The maximum atomic E-state index is 11.9. The standard InChI is InChI=1S/C13H21N3O3/c1-4-6-10(3)14-11(17)9-16-12(18)7-8-15(5-2)13(16)19/h7-8,10H,4-6,9H2,1-3H3,(H,14,17). The van der Waals surface area contributed by atoms with Crippen LogP contribution in [0.1, 0.15) is 33.6 Å². The molecular formula is C13H21N3O3. The van der Waals surface area contributed by atoms with Gasteiger partial charge in [0.1, 0.15) is 6.54 Å². The van der Waals surface area contributed by atoms with E-state index in [0.29, 0.717) is 6.54 Å². The number of nitrogens with one attached hydrogen (secondary N) is 1. The third-order valence-corrected chi connectivity index (χ3v) is 2.91. The van der Waals surface area contributed by atoms with Crippen LogP contribution in [0.4, 0.5) is 0 Å². The van der Waals surface area contributed by atoms with Crippen LogP contribution in [0.2, 0.25) is 0 Å². The summed E-state index contributed by atoms with van der Waals surface area (Å²) in [6, 6.07) is 1.35. The molecule has 0 spiro atoms. The Labute approximate surface area is 112 Å². The third kappa shape index (κ3) is 4.08. The highest BCUT2D eigenvalue weighted by Crippen LogP contribution is 1.94. The zero-order valence-corrected chi connectivity index (χ0v) is 11.7. The van der Waals surface area contributed by atoms with Gasteiger partial charge < -0.3 is 9.88 Å². The Bertz CT molecular complexity index is 545. The van der Waals surface area contributed by atoms with Gasteiger partial charge in [-0.3, -0.25) is 14.2 Å². The summed E-state index contributed by atoms with van der Waals surface area (Å²) in [5, 5.41) is 2.77. The van der Waals surface area contributed by atoms with Crippen LogP contribution in [0.3, 0.4) is 0 Å². The zero-order chi connectivity index (χ0) is 14.4. The molecule has 1 aromatic rings. The Morgan fingerprint density at radius 3 is 2.63 bits per heavy atom. The van der Waals surface area contributed by atoms with Crippen LogP contribution in [0, 0.1) is 0 Å². The van der Waals surface area contributed by atoms with E-state index in [-0.39, 0.29) is 18.5 Å². The lowest BCUT2D eigenvalue weighted by Crippen LogP contribution is -2.44. The van der Waals surface area contributed by atoms with Gasteiger partial charge in [-0.05, 0) is 20.3 Å². The Morgan fingerprint density at radius 2 is 2.05 bits per heavy atom. The van der Waals surface area contributed by atoms with Gasteiger partial charge in [0.2, 0.25) is 5.91 Å². The van der Waals surface area contributed by atoms with Crippen molar-refractivity contribution < 1.29 is 4.79 Å². The summed E-state index contributed by atoms with van der Waals surface area (Å²) < 4.78 is 2.35. The Kier molecular flexibility index (Phi) is 5.54. The number of aryl methyl sites for hydroxylation is 1. The number of hydrogen-bond acceptors (Lipinski definition) is 3. The van der Waals surface area contributed by atoms with E-state index in [2.05, 4.69) is 5.32 Å². The summed E-state index contributed by atoms with van der Waals surface area (Å²) in [6.07, 6.45) is 3.28. The van der Waals surface area contributed by atoms with Crippen molar-refractivity contribution in [3.63, 3.8) is 0 Å². The van der Waals surface area contributed by atoms with E-state index < -0.39 is 11.2 Å². The molecule has 1 rings (SSSR count). The molecular weight excluding hydrogens is 246 g/mol. The molecule has 106 valence electrons. The molecule has 1 aromatic heterocycles. The Balaban J connectivity index is 2.85. The molecule has 0 aliphatic carbocycles. The highest BCUT2D eigenvalue weighted by molar-refractivity contribution is 5.75. The lowest BCUT2D eigenvalue weighted by atomic mass is 10.2. The van der Waals surface area contributed by atoms with Gasteiger partial charge in [0.25, 0.3) is 5.56 Å². The molecule has 0 fully saturated rings. The summed E-state index contributed by atoms with van der Waals surface area (Å²) in [5.74, 6) is -0.311. The smallest absolute Gasteiger partial charge is 0.331 e. The fourth-order valence-electron chi connectivity index (χ4n) is 1.91. The SMILES string of the molecule is CCCC(C)NC(=O)Cn1c(=O)ccn(CC)c1=O. The van der Waals surface area contributed by atoms with E-state index in [1.165, 1.54) is 16.8 Å². The molecule has 6 heteroatoms. The first-order chi connectivity index (χ1) is 8.99. The fourth-order valence-corrected chi connectivity index (χ4v) is 1.91. The third-order valence-electron chi connectivity index (χ3n) is 2.91. The molecule has 0 aliphatic heterocycles. The van der Waals surface area contributed by atoms with Gasteiger partial charge >= 0.3 is 5.69 Å².